The molecule has 0 aliphatic heterocycles. The van der Waals surface area contributed by atoms with Crippen molar-refractivity contribution < 1.29 is 4.39 Å². The normalized spacial score (nSPS) is 11.2. The van der Waals surface area contributed by atoms with Crippen LogP contribution in [0.15, 0.2) is 91.0 Å². The highest BCUT2D eigenvalue weighted by atomic mass is 19.1. The van der Waals surface area contributed by atoms with Crippen LogP contribution in [0, 0.1) is 17.7 Å². The summed E-state index contributed by atoms with van der Waals surface area (Å²) in [6, 6.07) is 27.4. The van der Waals surface area contributed by atoms with Crippen molar-refractivity contribution >= 4 is 10.8 Å². The van der Waals surface area contributed by atoms with E-state index in [2.05, 4.69) is 73.4 Å². The Labute approximate surface area is 235 Å². The van der Waals surface area contributed by atoms with Gasteiger partial charge in [0.2, 0.25) is 0 Å². The second kappa shape index (κ2) is 15.1. The molecule has 0 heterocycles. The summed E-state index contributed by atoms with van der Waals surface area (Å²) < 4.78 is 14.9. The van der Waals surface area contributed by atoms with Crippen LogP contribution in [0.1, 0.15) is 85.8 Å². The lowest BCUT2D eigenvalue weighted by molar-refractivity contribution is 0.621. The maximum absolute atomic E-state index is 14.9. The van der Waals surface area contributed by atoms with Crippen LogP contribution in [-0.4, -0.2) is 0 Å². The van der Waals surface area contributed by atoms with Gasteiger partial charge in [0.25, 0.3) is 0 Å². The van der Waals surface area contributed by atoms with Gasteiger partial charge in [0, 0.05) is 16.5 Å². The molecule has 1 heteroatoms. The first-order valence-corrected chi connectivity index (χ1v) is 14.7. The maximum atomic E-state index is 14.9. The van der Waals surface area contributed by atoms with E-state index in [4.69, 9.17) is 0 Å². The van der Waals surface area contributed by atoms with Gasteiger partial charge in [-0.2, -0.15) is 0 Å². The quantitative estimate of drug-likeness (QED) is 0.0998. The molecule has 0 spiro atoms. The average molecular weight is 517 g/mol. The molecule has 0 radical (unpaired) electrons. The summed E-state index contributed by atoms with van der Waals surface area (Å²) in [6.07, 6.45) is 15.6. The van der Waals surface area contributed by atoms with E-state index >= 15 is 0 Å². The summed E-state index contributed by atoms with van der Waals surface area (Å²) in [5, 5.41) is 1.56. The first kappa shape index (κ1) is 28.4. The SMILES string of the molecule is C/C=C/CCc1ccc2cc(C#Cc3ccc(CCc4ccc(CCCCCCC)cc4)cc3)ccc2c1F. The van der Waals surface area contributed by atoms with Crippen molar-refractivity contribution in [3.05, 3.63) is 130 Å². The zero-order valence-electron chi connectivity index (χ0n) is 23.6. The number of hydrogen-bond acceptors (Lipinski definition) is 0. The first-order valence-electron chi connectivity index (χ1n) is 14.7. The molecule has 0 N–H and O–H groups in total. The number of aryl methyl sites for hydroxylation is 4. The van der Waals surface area contributed by atoms with Crippen LogP contribution in [0.5, 0.6) is 0 Å². The topological polar surface area (TPSA) is 0 Å². The lowest BCUT2D eigenvalue weighted by Crippen LogP contribution is -1.93. The first-order chi connectivity index (χ1) is 19.2. The molecule has 200 valence electrons. The Morgan fingerprint density at radius 2 is 1.26 bits per heavy atom. The number of allylic oxidation sites excluding steroid dienone is 2. The van der Waals surface area contributed by atoms with E-state index in [9.17, 15) is 4.39 Å². The standard InChI is InChI=1S/C38H41F/c1-3-5-7-8-10-11-30-13-15-31(16-14-30)17-18-32-19-21-33(22-20-32)23-24-34-25-28-37-36(29-34)27-26-35(38(37)39)12-9-6-4-2/h4,6,13-16,19-22,25-29H,3,5,7-12,17-18H2,1-2H3/b6-4+. The molecule has 0 bridgehead atoms. The highest BCUT2D eigenvalue weighted by Crippen LogP contribution is 2.23. The zero-order valence-corrected chi connectivity index (χ0v) is 23.6. The molecule has 4 aromatic carbocycles. The third-order valence-electron chi connectivity index (χ3n) is 7.45. The zero-order chi connectivity index (χ0) is 27.3. The maximum Gasteiger partial charge on any atom is 0.134 e. The van der Waals surface area contributed by atoms with Crippen LogP contribution in [0.4, 0.5) is 4.39 Å². The fraction of sp³-hybridized carbons (Fsp3) is 0.316. The van der Waals surface area contributed by atoms with E-state index < -0.39 is 0 Å². The number of hydrogen-bond donors (Lipinski definition) is 0. The monoisotopic (exact) mass is 516 g/mol. The Balaban J connectivity index is 1.30. The average Bonchev–Trinajstić information content (AvgIpc) is 2.97. The molecule has 0 atom stereocenters. The van der Waals surface area contributed by atoms with Gasteiger partial charge < -0.3 is 0 Å². The van der Waals surface area contributed by atoms with Crippen LogP contribution in [0.2, 0.25) is 0 Å². The number of halogens is 1. The van der Waals surface area contributed by atoms with Gasteiger partial charge in [0.1, 0.15) is 5.82 Å². The van der Waals surface area contributed by atoms with Crippen molar-refractivity contribution in [2.24, 2.45) is 0 Å². The second-order valence-corrected chi connectivity index (χ2v) is 10.5. The fourth-order valence-electron chi connectivity index (χ4n) is 5.01. The Kier molecular flexibility index (Phi) is 11.0. The molecule has 0 nitrogen and oxygen atoms in total. The molecule has 39 heavy (non-hydrogen) atoms. The van der Waals surface area contributed by atoms with E-state index in [0.29, 0.717) is 5.39 Å². The Morgan fingerprint density at radius 3 is 1.95 bits per heavy atom. The molecule has 0 saturated carbocycles. The fourth-order valence-corrected chi connectivity index (χ4v) is 5.01. The Morgan fingerprint density at radius 1 is 0.641 bits per heavy atom. The van der Waals surface area contributed by atoms with Gasteiger partial charge in [-0.3, -0.25) is 0 Å². The van der Waals surface area contributed by atoms with Gasteiger partial charge in [-0.15, -0.1) is 0 Å². The summed E-state index contributed by atoms with van der Waals surface area (Å²) in [5.41, 5.74) is 6.84. The highest BCUT2D eigenvalue weighted by Gasteiger charge is 2.07. The van der Waals surface area contributed by atoms with E-state index in [1.807, 2.05) is 43.3 Å². The van der Waals surface area contributed by atoms with Crippen LogP contribution in [0.3, 0.4) is 0 Å². The van der Waals surface area contributed by atoms with Crippen molar-refractivity contribution in [2.75, 3.05) is 0 Å². The van der Waals surface area contributed by atoms with Crippen molar-refractivity contribution in [3.8, 4) is 11.8 Å². The molecule has 0 aliphatic rings. The molecule has 0 aliphatic carbocycles. The minimum atomic E-state index is -0.110. The lowest BCUT2D eigenvalue weighted by Gasteiger charge is -2.06. The number of rotatable bonds is 12. The van der Waals surface area contributed by atoms with Gasteiger partial charge in [0.15, 0.2) is 0 Å². The number of fused-ring (bicyclic) bond motifs is 1. The lowest BCUT2D eigenvalue weighted by atomic mass is 10.00. The predicted molar refractivity (Wildman–Crippen MR) is 166 cm³/mol. The van der Waals surface area contributed by atoms with Gasteiger partial charge in [-0.05, 0) is 97.4 Å². The summed E-state index contributed by atoms with van der Waals surface area (Å²) >= 11 is 0. The van der Waals surface area contributed by atoms with Crippen LogP contribution in [-0.2, 0) is 25.7 Å². The molecule has 0 unspecified atom stereocenters. The predicted octanol–water partition coefficient (Wildman–Crippen LogP) is 10.2. The van der Waals surface area contributed by atoms with Crippen molar-refractivity contribution in [1.82, 2.24) is 0 Å². The molecule has 4 aromatic rings. The van der Waals surface area contributed by atoms with Crippen LogP contribution >= 0.6 is 0 Å². The summed E-state index contributed by atoms with van der Waals surface area (Å²) in [7, 11) is 0. The highest BCUT2D eigenvalue weighted by molar-refractivity contribution is 5.85. The molecular formula is C38H41F. The van der Waals surface area contributed by atoms with E-state index in [1.54, 1.807) is 0 Å². The third-order valence-corrected chi connectivity index (χ3v) is 7.45. The third kappa shape index (κ3) is 8.69. The Bertz CT molecular complexity index is 1410. The number of unbranched alkanes of at least 4 members (excludes halogenated alkanes) is 4. The summed E-state index contributed by atoms with van der Waals surface area (Å²) in [6.45, 7) is 4.26. The van der Waals surface area contributed by atoms with Crippen LogP contribution < -0.4 is 0 Å². The van der Waals surface area contributed by atoms with Crippen molar-refractivity contribution in [1.29, 1.82) is 0 Å². The Hall–Kier alpha value is -3.63. The molecular weight excluding hydrogens is 475 g/mol. The van der Waals surface area contributed by atoms with E-state index in [0.717, 1.165) is 47.8 Å². The molecule has 0 fully saturated rings. The molecule has 0 amide bonds. The minimum absolute atomic E-state index is 0.110. The van der Waals surface area contributed by atoms with E-state index in [-0.39, 0.29) is 5.82 Å². The van der Waals surface area contributed by atoms with Crippen molar-refractivity contribution in [3.63, 3.8) is 0 Å². The molecule has 4 rings (SSSR count). The molecule has 0 saturated heterocycles. The minimum Gasteiger partial charge on any atom is -0.206 e. The molecule has 0 aromatic heterocycles. The summed E-state index contributed by atoms with van der Waals surface area (Å²) in [5.74, 6) is 6.41. The van der Waals surface area contributed by atoms with Gasteiger partial charge >= 0.3 is 0 Å². The van der Waals surface area contributed by atoms with Gasteiger partial charge in [-0.1, -0.05) is 111 Å². The van der Waals surface area contributed by atoms with Crippen LogP contribution in [0.25, 0.3) is 10.8 Å². The smallest absolute Gasteiger partial charge is 0.134 e. The van der Waals surface area contributed by atoms with Crippen molar-refractivity contribution in [2.45, 2.75) is 78.1 Å². The van der Waals surface area contributed by atoms with Gasteiger partial charge in [-0.25, -0.2) is 4.39 Å². The largest absolute Gasteiger partial charge is 0.206 e. The van der Waals surface area contributed by atoms with E-state index in [1.165, 1.54) is 55.2 Å². The van der Waals surface area contributed by atoms with Gasteiger partial charge in [0.05, 0.1) is 0 Å². The number of benzene rings is 4. The second-order valence-electron chi connectivity index (χ2n) is 10.5. The summed E-state index contributed by atoms with van der Waals surface area (Å²) in [4.78, 5) is 0.